The van der Waals surface area contributed by atoms with Crippen LogP contribution in [0.15, 0.2) is 6.07 Å². The Morgan fingerprint density at radius 1 is 0.970 bits per heavy atom. The fourth-order valence-corrected chi connectivity index (χ4v) is 5.64. The van der Waals surface area contributed by atoms with E-state index in [1.807, 2.05) is 40.0 Å². The fraction of sp³-hybridized carbons (Fsp3) is 0.696. The molecule has 0 radical (unpaired) electrons. The van der Waals surface area contributed by atoms with E-state index in [4.69, 9.17) is 5.73 Å². The Morgan fingerprint density at radius 2 is 1.48 bits per heavy atom. The number of benzene rings is 1. The average molecular weight is 483 g/mol. The van der Waals surface area contributed by atoms with Crippen molar-refractivity contribution in [2.75, 3.05) is 46.6 Å². The molecule has 0 spiro atoms. The summed E-state index contributed by atoms with van der Waals surface area (Å²) in [6, 6.07) is 1.56. The molecule has 1 aromatic carbocycles. The van der Waals surface area contributed by atoms with E-state index in [1.165, 1.54) is 22.3 Å². The average Bonchev–Trinajstić information content (AvgIpc) is 3.27. The molecule has 2 aliphatic rings. The first-order valence-electron chi connectivity index (χ1n) is 11.7. The van der Waals surface area contributed by atoms with Crippen LogP contribution >= 0.6 is 0 Å². The highest BCUT2D eigenvalue weighted by Crippen LogP contribution is 2.38. The van der Waals surface area contributed by atoms with Crippen LogP contribution in [0.25, 0.3) is 0 Å². The lowest BCUT2D eigenvalue weighted by Crippen LogP contribution is -2.48. The molecule has 9 nitrogen and oxygen atoms in total. The smallest absolute Gasteiger partial charge is 0.327 e. The first kappa shape index (κ1) is 27.5. The third-order valence-corrected chi connectivity index (χ3v) is 6.75. The molecule has 0 heterocycles. The van der Waals surface area contributed by atoms with Gasteiger partial charge in [-0.1, -0.05) is 6.07 Å². The number of nitrogens with one attached hydrogen (secondary N) is 3. The molecular weight excluding hydrogens is 440 g/mol. The summed E-state index contributed by atoms with van der Waals surface area (Å²) in [7, 11) is 3.85. The van der Waals surface area contributed by atoms with Crippen LogP contribution in [0.5, 0.6) is 0 Å². The summed E-state index contributed by atoms with van der Waals surface area (Å²) in [4.78, 5) is 16.3. The van der Waals surface area contributed by atoms with Crippen molar-refractivity contribution in [1.29, 1.82) is 0 Å². The Bertz CT molecular complexity index is 877. The maximum atomic E-state index is 12.4. The second kappa shape index (κ2) is 12.1. The molecule has 0 bridgehead atoms. The van der Waals surface area contributed by atoms with E-state index in [2.05, 4.69) is 25.7 Å². The van der Waals surface area contributed by atoms with Gasteiger partial charge in [0.25, 0.3) is 0 Å². The van der Waals surface area contributed by atoms with Crippen LogP contribution < -0.4 is 20.5 Å². The van der Waals surface area contributed by atoms with E-state index in [0.29, 0.717) is 12.6 Å². The summed E-state index contributed by atoms with van der Waals surface area (Å²) in [5.74, 6) is 0. The highest BCUT2D eigenvalue weighted by Gasteiger charge is 2.26. The number of carbonyl (C=O) groups is 1. The molecule has 2 atom stereocenters. The van der Waals surface area contributed by atoms with Gasteiger partial charge in [-0.25, -0.2) is 9.52 Å². The Hall–Kier alpha value is -1.72. The second-order valence-corrected chi connectivity index (χ2v) is 11.3. The lowest BCUT2D eigenvalue weighted by molar-refractivity contribution is 0.256. The molecule has 5 N–H and O–H groups in total. The number of aryl methyl sites for hydroxylation is 2. The third-order valence-electron chi connectivity index (χ3n) is 5.59. The molecule has 33 heavy (non-hydrogen) atoms. The number of carbonyl (C=O) groups excluding carboxylic acids is 1. The minimum absolute atomic E-state index is 0.301. The number of rotatable bonds is 8. The van der Waals surface area contributed by atoms with E-state index in [9.17, 15) is 13.2 Å². The number of anilines is 1. The van der Waals surface area contributed by atoms with Crippen molar-refractivity contribution in [2.45, 2.75) is 64.5 Å². The quantitative estimate of drug-likeness (QED) is 0.445. The number of nitrogens with two attached hydrogens (primary N) is 1. The summed E-state index contributed by atoms with van der Waals surface area (Å²) in [5, 5.41) is 2.83. The second-order valence-electron chi connectivity index (χ2n) is 9.81. The number of nitrogens with zero attached hydrogens (tertiary/aromatic N) is 2. The van der Waals surface area contributed by atoms with Gasteiger partial charge in [0.2, 0.25) is 0 Å². The fourth-order valence-electron chi connectivity index (χ4n) is 4.68. The van der Waals surface area contributed by atoms with Crippen LogP contribution in [0.1, 0.15) is 48.9 Å². The van der Waals surface area contributed by atoms with Crippen molar-refractivity contribution in [2.24, 2.45) is 5.73 Å². The minimum Gasteiger partial charge on any atom is -0.327 e. The van der Waals surface area contributed by atoms with Crippen molar-refractivity contribution in [3.63, 3.8) is 0 Å². The summed E-state index contributed by atoms with van der Waals surface area (Å²) in [6.07, 6.45) is 6.08. The Labute approximate surface area is 199 Å². The Morgan fingerprint density at radius 3 is 1.91 bits per heavy atom. The van der Waals surface area contributed by atoms with Gasteiger partial charge in [-0.05, 0) is 103 Å². The lowest BCUT2D eigenvalue weighted by Gasteiger charge is -2.19. The van der Waals surface area contributed by atoms with Gasteiger partial charge in [-0.2, -0.15) is 13.1 Å². The first-order valence-corrected chi connectivity index (χ1v) is 13.2. The van der Waals surface area contributed by atoms with Crippen LogP contribution in [0.2, 0.25) is 0 Å². The van der Waals surface area contributed by atoms with Gasteiger partial charge in [0.05, 0.1) is 0 Å². The molecule has 2 amide bonds. The predicted octanol–water partition coefficient (Wildman–Crippen LogP) is 1.47. The number of fused-ring (bicyclic) bond motifs is 2. The number of hydrogen-bond donors (Lipinski definition) is 4. The van der Waals surface area contributed by atoms with Crippen molar-refractivity contribution < 1.29 is 13.2 Å². The first-order chi connectivity index (χ1) is 15.4. The van der Waals surface area contributed by atoms with Crippen LogP contribution in [-0.2, 0) is 35.9 Å². The zero-order valence-corrected chi connectivity index (χ0v) is 21.8. The van der Waals surface area contributed by atoms with E-state index < -0.39 is 16.2 Å². The van der Waals surface area contributed by atoms with Gasteiger partial charge in [-0.15, -0.1) is 0 Å². The maximum absolute atomic E-state index is 12.4. The standard InChI is InChI=1S/C18H28N4O3S.C5H14N2/c1-12(11-22(2)3)20-26(24,25)21-18(23)19-17-15-8-4-6-13(15)10-14-7-5-9-16(14)17;1-5(6)4-7(2)3/h10,12,20H,4-9,11H2,1-3H3,(H2,19,21,23);5H,4,6H2,1-3H3. The zero-order valence-electron chi connectivity index (χ0n) is 21.0. The van der Waals surface area contributed by atoms with Crippen LogP contribution in [0.3, 0.4) is 0 Å². The normalized spacial score (nSPS) is 16.6. The van der Waals surface area contributed by atoms with Gasteiger partial charge in [-0.3, -0.25) is 0 Å². The van der Waals surface area contributed by atoms with E-state index in [1.54, 1.807) is 6.92 Å². The molecular formula is C23H42N6O3S. The van der Waals surface area contributed by atoms with Gasteiger partial charge >= 0.3 is 16.2 Å². The molecule has 1 aromatic rings. The van der Waals surface area contributed by atoms with Crippen molar-refractivity contribution in [3.05, 3.63) is 28.3 Å². The summed E-state index contributed by atoms with van der Waals surface area (Å²) < 4.78 is 28.9. The summed E-state index contributed by atoms with van der Waals surface area (Å²) >= 11 is 0. The Balaban J connectivity index is 0.000000479. The van der Waals surface area contributed by atoms with Crippen molar-refractivity contribution >= 4 is 21.9 Å². The summed E-state index contributed by atoms with van der Waals surface area (Å²) in [5.41, 5.74) is 11.2. The van der Waals surface area contributed by atoms with Gasteiger partial charge < -0.3 is 20.9 Å². The van der Waals surface area contributed by atoms with Crippen molar-refractivity contribution in [3.8, 4) is 0 Å². The van der Waals surface area contributed by atoms with Gasteiger partial charge in [0.1, 0.15) is 0 Å². The topological polar surface area (TPSA) is 120 Å². The molecule has 3 rings (SSSR count). The molecule has 10 heteroatoms. The van der Waals surface area contributed by atoms with E-state index in [0.717, 1.165) is 50.8 Å². The number of urea groups is 1. The number of likely N-dealkylation sites (N-methyl/N-ethyl adjacent to an activating group) is 2. The highest BCUT2D eigenvalue weighted by molar-refractivity contribution is 7.88. The van der Waals surface area contributed by atoms with Gasteiger partial charge in [0, 0.05) is 30.9 Å². The number of amides is 2. The van der Waals surface area contributed by atoms with Gasteiger partial charge in [0.15, 0.2) is 0 Å². The van der Waals surface area contributed by atoms with E-state index >= 15 is 0 Å². The molecule has 0 aliphatic heterocycles. The predicted molar refractivity (Wildman–Crippen MR) is 135 cm³/mol. The summed E-state index contributed by atoms with van der Waals surface area (Å²) in [6.45, 7) is 5.27. The number of hydrogen-bond acceptors (Lipinski definition) is 6. The van der Waals surface area contributed by atoms with E-state index in [-0.39, 0.29) is 6.04 Å². The zero-order chi connectivity index (χ0) is 24.8. The highest BCUT2D eigenvalue weighted by atomic mass is 32.2. The molecule has 0 saturated heterocycles. The molecule has 0 fully saturated rings. The largest absolute Gasteiger partial charge is 0.333 e. The lowest BCUT2D eigenvalue weighted by atomic mass is 9.99. The van der Waals surface area contributed by atoms with Crippen LogP contribution in [0.4, 0.5) is 10.5 Å². The SMILES string of the molecule is CC(CN(C)C)NS(=O)(=O)NC(=O)Nc1c2c(cc3c1CCC3)CCC2.CC(N)CN(C)C. The monoisotopic (exact) mass is 482 g/mol. The molecule has 2 unspecified atom stereocenters. The Kier molecular flexibility index (Phi) is 10.1. The molecule has 188 valence electrons. The molecule has 0 saturated carbocycles. The minimum atomic E-state index is -3.91. The molecule has 0 aromatic heterocycles. The maximum Gasteiger partial charge on any atom is 0.333 e. The third kappa shape index (κ3) is 8.86. The van der Waals surface area contributed by atoms with Crippen molar-refractivity contribution in [1.82, 2.24) is 19.2 Å². The molecule has 2 aliphatic carbocycles. The van der Waals surface area contributed by atoms with Crippen LogP contribution in [-0.4, -0.2) is 77.6 Å². The van der Waals surface area contributed by atoms with Crippen LogP contribution in [0, 0.1) is 0 Å².